The lowest BCUT2D eigenvalue weighted by Gasteiger charge is -2.20. The third kappa shape index (κ3) is 3.92. The van der Waals surface area contributed by atoms with Crippen molar-refractivity contribution in [3.8, 4) is 0 Å². The van der Waals surface area contributed by atoms with Crippen molar-refractivity contribution in [2.45, 2.75) is 19.4 Å². The molecule has 0 radical (unpaired) electrons. The SMILES string of the molecule is CN(CCN1CCCC1)Cc1cnc(NN)s1. The average molecular weight is 255 g/mol. The van der Waals surface area contributed by atoms with Gasteiger partial charge in [-0.2, -0.15) is 0 Å². The molecule has 0 aliphatic carbocycles. The lowest BCUT2D eigenvalue weighted by atomic mass is 10.4. The van der Waals surface area contributed by atoms with Gasteiger partial charge in [0.1, 0.15) is 0 Å². The first-order chi connectivity index (χ1) is 8.28. The molecule has 0 spiro atoms. The normalized spacial score (nSPS) is 16.9. The van der Waals surface area contributed by atoms with Gasteiger partial charge in [-0.1, -0.05) is 11.3 Å². The molecule has 0 unspecified atom stereocenters. The van der Waals surface area contributed by atoms with Gasteiger partial charge in [0.05, 0.1) is 0 Å². The monoisotopic (exact) mass is 255 g/mol. The summed E-state index contributed by atoms with van der Waals surface area (Å²) in [6, 6.07) is 0. The van der Waals surface area contributed by atoms with Crippen LogP contribution in [0.3, 0.4) is 0 Å². The highest BCUT2D eigenvalue weighted by molar-refractivity contribution is 7.15. The fourth-order valence-corrected chi connectivity index (χ4v) is 2.91. The number of hydrazine groups is 1. The van der Waals surface area contributed by atoms with Crippen LogP contribution in [0.2, 0.25) is 0 Å². The first-order valence-corrected chi connectivity index (χ1v) is 6.92. The number of nitrogen functional groups attached to an aromatic ring is 1. The number of hydrogen-bond donors (Lipinski definition) is 2. The lowest BCUT2D eigenvalue weighted by Crippen LogP contribution is -2.30. The van der Waals surface area contributed by atoms with E-state index >= 15 is 0 Å². The maximum absolute atomic E-state index is 5.31. The molecule has 1 aromatic rings. The van der Waals surface area contributed by atoms with Gasteiger partial charge in [-0.05, 0) is 33.0 Å². The van der Waals surface area contributed by atoms with Crippen LogP contribution in [0.5, 0.6) is 0 Å². The molecule has 1 aliphatic heterocycles. The molecule has 17 heavy (non-hydrogen) atoms. The van der Waals surface area contributed by atoms with E-state index in [0.29, 0.717) is 0 Å². The van der Waals surface area contributed by atoms with E-state index in [1.165, 1.54) is 37.4 Å². The number of anilines is 1. The Kier molecular flexibility index (Phi) is 4.73. The van der Waals surface area contributed by atoms with Crippen LogP contribution in [-0.2, 0) is 6.54 Å². The maximum atomic E-state index is 5.31. The van der Waals surface area contributed by atoms with Gasteiger partial charge in [0.15, 0.2) is 5.13 Å². The topological polar surface area (TPSA) is 57.4 Å². The number of likely N-dealkylation sites (N-methyl/N-ethyl adjacent to an activating group) is 1. The van der Waals surface area contributed by atoms with E-state index in [2.05, 4.69) is 27.3 Å². The van der Waals surface area contributed by atoms with Crippen LogP contribution < -0.4 is 11.3 Å². The number of rotatable bonds is 6. The van der Waals surface area contributed by atoms with Crippen molar-refractivity contribution in [1.29, 1.82) is 0 Å². The molecule has 2 heterocycles. The molecule has 0 atom stereocenters. The Bertz CT molecular complexity index is 334. The summed E-state index contributed by atoms with van der Waals surface area (Å²) in [5.41, 5.74) is 2.58. The summed E-state index contributed by atoms with van der Waals surface area (Å²) in [5, 5.41) is 0.785. The van der Waals surface area contributed by atoms with E-state index in [9.17, 15) is 0 Å². The largest absolute Gasteiger partial charge is 0.302 e. The minimum atomic E-state index is 0.785. The Morgan fingerprint density at radius 1 is 1.53 bits per heavy atom. The summed E-state index contributed by atoms with van der Waals surface area (Å²) in [6.45, 7) is 5.79. The average Bonchev–Trinajstić information content (AvgIpc) is 2.97. The number of nitrogens with one attached hydrogen (secondary N) is 1. The van der Waals surface area contributed by atoms with E-state index in [0.717, 1.165) is 18.2 Å². The quantitative estimate of drug-likeness (QED) is 0.585. The second kappa shape index (κ2) is 6.30. The highest BCUT2D eigenvalue weighted by Crippen LogP contribution is 2.18. The van der Waals surface area contributed by atoms with Gasteiger partial charge < -0.3 is 4.90 Å². The van der Waals surface area contributed by atoms with Gasteiger partial charge in [0, 0.05) is 30.7 Å². The van der Waals surface area contributed by atoms with E-state index in [1.54, 1.807) is 11.3 Å². The predicted octanol–water partition coefficient (Wildman–Crippen LogP) is 0.956. The Labute approximate surface area is 107 Å². The molecular weight excluding hydrogens is 234 g/mol. The predicted molar refractivity (Wildman–Crippen MR) is 71.9 cm³/mol. The minimum absolute atomic E-state index is 0.785. The second-order valence-electron chi connectivity index (χ2n) is 4.56. The van der Waals surface area contributed by atoms with Gasteiger partial charge in [-0.25, -0.2) is 10.8 Å². The van der Waals surface area contributed by atoms with E-state index in [-0.39, 0.29) is 0 Å². The van der Waals surface area contributed by atoms with Crippen molar-refractivity contribution in [1.82, 2.24) is 14.8 Å². The van der Waals surface area contributed by atoms with Crippen LogP contribution >= 0.6 is 11.3 Å². The van der Waals surface area contributed by atoms with Crippen molar-refractivity contribution in [2.24, 2.45) is 5.84 Å². The summed E-state index contributed by atoms with van der Waals surface area (Å²) < 4.78 is 0. The van der Waals surface area contributed by atoms with Crippen molar-refractivity contribution in [3.05, 3.63) is 11.1 Å². The summed E-state index contributed by atoms with van der Waals surface area (Å²) in [5.74, 6) is 5.31. The van der Waals surface area contributed by atoms with E-state index in [4.69, 9.17) is 5.84 Å². The third-order valence-corrected chi connectivity index (χ3v) is 4.01. The highest BCUT2D eigenvalue weighted by atomic mass is 32.1. The molecule has 1 aromatic heterocycles. The standard InChI is InChI=1S/C11H21N5S/c1-15(6-7-16-4-2-3-5-16)9-10-8-13-11(14-12)17-10/h8H,2-7,9,12H2,1H3,(H,13,14). The summed E-state index contributed by atoms with van der Waals surface area (Å²) in [6.07, 6.45) is 4.63. The number of nitrogens with two attached hydrogens (primary N) is 1. The van der Waals surface area contributed by atoms with Crippen molar-refractivity contribution in [2.75, 3.05) is 38.7 Å². The zero-order valence-electron chi connectivity index (χ0n) is 10.4. The molecule has 1 aliphatic rings. The molecule has 2 rings (SSSR count). The van der Waals surface area contributed by atoms with Crippen LogP contribution in [0.1, 0.15) is 17.7 Å². The van der Waals surface area contributed by atoms with Crippen molar-refractivity contribution in [3.63, 3.8) is 0 Å². The van der Waals surface area contributed by atoms with Crippen LogP contribution in [0.15, 0.2) is 6.20 Å². The summed E-state index contributed by atoms with van der Waals surface area (Å²) >= 11 is 1.62. The van der Waals surface area contributed by atoms with Gasteiger partial charge >= 0.3 is 0 Å². The zero-order valence-corrected chi connectivity index (χ0v) is 11.2. The molecule has 96 valence electrons. The first-order valence-electron chi connectivity index (χ1n) is 6.10. The second-order valence-corrected chi connectivity index (χ2v) is 5.68. The molecule has 0 saturated carbocycles. The molecular formula is C11H21N5S. The Hall–Kier alpha value is -0.690. The molecule has 1 fully saturated rings. The molecule has 6 heteroatoms. The van der Waals surface area contributed by atoms with Crippen LogP contribution in [0, 0.1) is 0 Å². The van der Waals surface area contributed by atoms with Gasteiger partial charge in [0.25, 0.3) is 0 Å². The van der Waals surface area contributed by atoms with Crippen molar-refractivity contribution < 1.29 is 0 Å². The van der Waals surface area contributed by atoms with Crippen LogP contribution in [0.25, 0.3) is 0 Å². The van der Waals surface area contributed by atoms with Gasteiger partial charge in [-0.3, -0.25) is 10.3 Å². The summed E-state index contributed by atoms with van der Waals surface area (Å²) in [7, 11) is 2.16. The molecule has 0 bridgehead atoms. The third-order valence-electron chi connectivity index (χ3n) is 3.10. The number of nitrogens with zero attached hydrogens (tertiary/aromatic N) is 3. The Morgan fingerprint density at radius 2 is 2.29 bits per heavy atom. The zero-order chi connectivity index (χ0) is 12.1. The van der Waals surface area contributed by atoms with E-state index < -0.39 is 0 Å². The molecule has 5 nitrogen and oxygen atoms in total. The fourth-order valence-electron chi connectivity index (χ4n) is 2.11. The minimum Gasteiger partial charge on any atom is -0.302 e. The molecule has 1 saturated heterocycles. The number of likely N-dealkylation sites (tertiary alicyclic amines) is 1. The number of aromatic nitrogens is 1. The van der Waals surface area contributed by atoms with Crippen LogP contribution in [0.4, 0.5) is 5.13 Å². The van der Waals surface area contributed by atoms with Gasteiger partial charge in [0.2, 0.25) is 0 Å². The molecule has 3 N–H and O–H groups in total. The maximum Gasteiger partial charge on any atom is 0.197 e. The number of thiazole rings is 1. The first kappa shape index (κ1) is 12.8. The van der Waals surface area contributed by atoms with Crippen LogP contribution in [-0.4, -0.2) is 48.0 Å². The van der Waals surface area contributed by atoms with E-state index in [1.807, 2.05) is 6.20 Å². The smallest absolute Gasteiger partial charge is 0.197 e. The Balaban J connectivity index is 1.70. The number of hydrogen-bond acceptors (Lipinski definition) is 6. The molecule has 0 aromatic carbocycles. The highest BCUT2D eigenvalue weighted by Gasteiger charge is 2.12. The lowest BCUT2D eigenvalue weighted by molar-refractivity contribution is 0.253. The Morgan fingerprint density at radius 3 is 2.94 bits per heavy atom. The fraction of sp³-hybridized carbons (Fsp3) is 0.727. The van der Waals surface area contributed by atoms with Crippen molar-refractivity contribution >= 4 is 16.5 Å². The summed E-state index contributed by atoms with van der Waals surface area (Å²) in [4.78, 5) is 10.3. The van der Waals surface area contributed by atoms with Gasteiger partial charge in [-0.15, -0.1) is 0 Å². The molecule has 0 amide bonds.